The molecule has 0 aliphatic heterocycles. The first-order valence-electron chi connectivity index (χ1n) is 13.4. The topological polar surface area (TPSA) is 37.3 Å². The second kappa shape index (κ2) is 26.5. The summed E-state index contributed by atoms with van der Waals surface area (Å²) in [4.78, 5) is 8.24. The summed E-state index contributed by atoms with van der Waals surface area (Å²) in [5, 5.41) is 6.76. The van der Waals surface area contributed by atoms with Gasteiger partial charge in [0.25, 0.3) is 0 Å². The van der Waals surface area contributed by atoms with Crippen LogP contribution in [0.15, 0.2) is 0 Å². The Labute approximate surface area is 190 Å². The lowest BCUT2D eigenvalue weighted by atomic mass is 10.1. The molecule has 0 fully saturated rings. The van der Waals surface area contributed by atoms with Crippen LogP contribution in [0.2, 0.25) is 0 Å². The summed E-state index contributed by atoms with van der Waals surface area (Å²) >= 11 is 0. The molecule has 0 spiro atoms. The highest BCUT2D eigenvalue weighted by molar-refractivity contribution is 5.34. The van der Waals surface area contributed by atoms with Gasteiger partial charge in [-0.15, -0.1) is 0 Å². The molecule has 0 aromatic rings. The van der Waals surface area contributed by atoms with Crippen LogP contribution in [0.1, 0.15) is 142 Å². The number of hydrogen-bond acceptors (Lipinski definition) is 1. The largest absolute Gasteiger partial charge is 0.665 e. The third-order valence-electron chi connectivity index (χ3n) is 6.23. The van der Waals surface area contributed by atoms with Gasteiger partial charge in [-0.05, 0) is 25.7 Å². The summed E-state index contributed by atoms with van der Waals surface area (Å²) in [6, 6.07) is 0. The SMILES string of the molecule is CCCCCCCCCCCC[N+](C)(C)CCCCCCCCCCCC.O=[C-]O. The van der Waals surface area contributed by atoms with Gasteiger partial charge < -0.3 is 14.4 Å². The van der Waals surface area contributed by atoms with Crippen LogP contribution in [0.4, 0.5) is 0 Å². The molecule has 1 N–H and O–H groups in total. The lowest BCUT2D eigenvalue weighted by molar-refractivity contribution is -0.890. The number of nitrogens with zero attached hydrogens (tertiary/aromatic N) is 1. The summed E-state index contributed by atoms with van der Waals surface area (Å²) in [6.45, 7) is 7.87. The van der Waals surface area contributed by atoms with Crippen molar-refractivity contribution in [2.45, 2.75) is 142 Å². The fourth-order valence-electron chi connectivity index (χ4n) is 4.17. The smallest absolute Gasteiger partial charge is 0.0782 e. The summed E-state index contributed by atoms with van der Waals surface area (Å²) in [7, 11) is 4.89. The first kappa shape index (κ1) is 31.6. The van der Waals surface area contributed by atoms with Gasteiger partial charge in [-0.25, -0.2) is 0 Å². The second-order valence-corrected chi connectivity index (χ2v) is 9.84. The lowest BCUT2D eigenvalue weighted by Gasteiger charge is -2.30. The van der Waals surface area contributed by atoms with E-state index in [1.54, 1.807) is 0 Å². The van der Waals surface area contributed by atoms with Crippen molar-refractivity contribution in [3.63, 3.8) is 0 Å². The van der Waals surface area contributed by atoms with Gasteiger partial charge in [0.2, 0.25) is 0 Å². The van der Waals surface area contributed by atoms with E-state index in [2.05, 4.69) is 27.9 Å². The molecule has 0 saturated heterocycles. The standard InChI is InChI=1S/C26H56N.CHO2/c1-5-7-9-11-13-15-17-19-21-23-25-27(3,4)26-24-22-20-18-16-14-12-10-8-6-2;2-1-3/h5-26H2,1-4H3;(H,2,3)/q+1;-1. The van der Waals surface area contributed by atoms with Gasteiger partial charge in [0.05, 0.1) is 27.2 Å². The molecule has 182 valence electrons. The van der Waals surface area contributed by atoms with E-state index in [1.807, 2.05) is 0 Å². The Morgan fingerprint density at radius 2 is 0.700 bits per heavy atom. The molecular weight excluding hydrogens is 370 g/mol. The van der Waals surface area contributed by atoms with Crippen LogP contribution in [0.25, 0.3) is 0 Å². The molecule has 0 saturated carbocycles. The number of aliphatic hydroxyl groups excluding tert-OH is 1. The summed E-state index contributed by atoms with van der Waals surface area (Å²) in [5.41, 5.74) is 0. The Bertz CT molecular complexity index is 292. The number of unbranched alkanes of at least 4 members (excludes halogenated alkanes) is 18. The molecule has 0 atom stereocenters. The van der Waals surface area contributed by atoms with E-state index in [9.17, 15) is 0 Å². The molecule has 0 aliphatic carbocycles. The van der Waals surface area contributed by atoms with Crippen LogP contribution < -0.4 is 0 Å². The van der Waals surface area contributed by atoms with Gasteiger partial charge in [-0.1, -0.05) is 123 Å². The molecule has 0 amide bonds. The predicted octanol–water partition coefficient (Wildman–Crippen LogP) is 8.52. The molecule has 0 bridgehead atoms. The van der Waals surface area contributed by atoms with Gasteiger partial charge in [0.1, 0.15) is 0 Å². The van der Waals surface area contributed by atoms with Crippen LogP contribution in [0.3, 0.4) is 0 Å². The minimum Gasteiger partial charge on any atom is -0.665 e. The fraction of sp³-hybridized carbons (Fsp3) is 0.963. The van der Waals surface area contributed by atoms with Crippen LogP contribution in [-0.2, 0) is 4.79 Å². The fourth-order valence-corrected chi connectivity index (χ4v) is 4.17. The van der Waals surface area contributed by atoms with Crippen LogP contribution >= 0.6 is 0 Å². The van der Waals surface area contributed by atoms with E-state index >= 15 is 0 Å². The molecule has 0 heterocycles. The highest BCUT2D eigenvalue weighted by Gasteiger charge is 2.13. The second-order valence-electron chi connectivity index (χ2n) is 9.84. The normalized spacial score (nSPS) is 11.2. The Balaban J connectivity index is 0. The van der Waals surface area contributed by atoms with Crippen molar-refractivity contribution in [1.82, 2.24) is 0 Å². The highest BCUT2D eigenvalue weighted by atomic mass is 16.3. The number of hydrogen-bond donors (Lipinski definition) is 1. The third-order valence-corrected chi connectivity index (χ3v) is 6.23. The van der Waals surface area contributed by atoms with E-state index in [4.69, 9.17) is 9.90 Å². The minimum absolute atomic E-state index is 0.500. The average Bonchev–Trinajstić information content (AvgIpc) is 2.71. The van der Waals surface area contributed by atoms with Crippen molar-refractivity contribution in [3.8, 4) is 0 Å². The Morgan fingerprint density at radius 1 is 0.500 bits per heavy atom. The number of quaternary nitrogens is 1. The zero-order valence-electron chi connectivity index (χ0n) is 21.4. The monoisotopic (exact) mass is 427 g/mol. The molecule has 30 heavy (non-hydrogen) atoms. The van der Waals surface area contributed by atoms with Crippen molar-refractivity contribution in [1.29, 1.82) is 0 Å². The average molecular weight is 428 g/mol. The zero-order chi connectivity index (χ0) is 22.8. The lowest BCUT2D eigenvalue weighted by Crippen LogP contribution is -2.41. The van der Waals surface area contributed by atoms with Crippen molar-refractivity contribution >= 4 is 6.47 Å². The van der Waals surface area contributed by atoms with E-state index in [1.165, 1.54) is 146 Å². The minimum atomic E-state index is 0.500. The van der Waals surface area contributed by atoms with Gasteiger partial charge in [0, 0.05) is 0 Å². The first-order chi connectivity index (χ1) is 14.5. The maximum atomic E-state index is 8.24. The molecule has 0 unspecified atom stereocenters. The van der Waals surface area contributed by atoms with E-state index in [0.29, 0.717) is 6.47 Å². The van der Waals surface area contributed by atoms with Gasteiger partial charge in [-0.2, -0.15) is 0 Å². The first-order valence-corrected chi connectivity index (χ1v) is 13.4. The predicted molar refractivity (Wildman–Crippen MR) is 134 cm³/mol. The maximum Gasteiger partial charge on any atom is 0.0782 e. The van der Waals surface area contributed by atoms with Gasteiger partial charge in [-0.3, -0.25) is 0 Å². The molecular formula is C27H57NO2. The summed E-state index contributed by atoms with van der Waals surface area (Å²) in [6.07, 6.45) is 29.0. The molecule has 0 aliphatic rings. The van der Waals surface area contributed by atoms with Crippen LogP contribution in [0.5, 0.6) is 0 Å². The molecule has 3 heteroatoms. The molecule has 3 nitrogen and oxygen atoms in total. The maximum absolute atomic E-state index is 8.24. The third kappa shape index (κ3) is 29.6. The summed E-state index contributed by atoms with van der Waals surface area (Å²) in [5.74, 6) is 0. The molecule has 0 aromatic heterocycles. The van der Waals surface area contributed by atoms with Crippen molar-refractivity contribution in [2.24, 2.45) is 0 Å². The Kier molecular flexibility index (Phi) is 27.9. The van der Waals surface area contributed by atoms with Gasteiger partial charge in [0.15, 0.2) is 0 Å². The van der Waals surface area contributed by atoms with Crippen molar-refractivity contribution < 1.29 is 14.4 Å². The highest BCUT2D eigenvalue weighted by Crippen LogP contribution is 2.14. The van der Waals surface area contributed by atoms with Crippen LogP contribution in [0, 0.1) is 0 Å². The quantitative estimate of drug-likeness (QED) is 0.107. The van der Waals surface area contributed by atoms with Crippen molar-refractivity contribution in [2.75, 3.05) is 27.2 Å². The number of rotatable bonds is 22. The molecule has 0 aromatic carbocycles. The van der Waals surface area contributed by atoms with E-state index in [-0.39, 0.29) is 0 Å². The molecule has 0 radical (unpaired) electrons. The van der Waals surface area contributed by atoms with Gasteiger partial charge >= 0.3 is 0 Å². The van der Waals surface area contributed by atoms with E-state index < -0.39 is 0 Å². The van der Waals surface area contributed by atoms with Crippen LogP contribution in [-0.4, -0.2) is 43.2 Å². The molecule has 0 rings (SSSR count). The zero-order valence-corrected chi connectivity index (χ0v) is 21.4. The van der Waals surface area contributed by atoms with Crippen molar-refractivity contribution in [3.05, 3.63) is 0 Å². The Hall–Kier alpha value is -0.570. The Morgan fingerprint density at radius 3 is 0.933 bits per heavy atom. The summed E-state index contributed by atoms with van der Waals surface area (Å²) < 4.78 is 1.24. The van der Waals surface area contributed by atoms with E-state index in [0.717, 1.165) is 0 Å².